The van der Waals surface area contributed by atoms with Gasteiger partial charge in [-0.3, -0.25) is 9.78 Å². The largest absolute Gasteiger partial charge is 0.321 e. The first-order valence-electron chi connectivity index (χ1n) is 7.86. The zero-order valence-electron chi connectivity index (χ0n) is 13.8. The highest BCUT2D eigenvalue weighted by Crippen LogP contribution is 2.17. The first kappa shape index (κ1) is 16.7. The highest BCUT2D eigenvalue weighted by atomic mass is 16.1. The van der Waals surface area contributed by atoms with Gasteiger partial charge in [-0.2, -0.15) is 0 Å². The fraction of sp³-hybridized carbons (Fsp3) is 0.200. The Hall–Kier alpha value is -2.68. The van der Waals surface area contributed by atoms with Crippen molar-refractivity contribution in [3.8, 4) is 0 Å². The minimum absolute atomic E-state index is 0. The molecule has 0 aliphatic rings. The number of aryl methyl sites for hydroxylation is 1. The van der Waals surface area contributed by atoms with Gasteiger partial charge in [0, 0.05) is 12.4 Å². The minimum atomic E-state index is -0.120. The summed E-state index contributed by atoms with van der Waals surface area (Å²) < 4.78 is 0. The standard InChI is InChI=1S/C17H14N2O.C3H8.H2/c1-12-5-4-7-14(9-12)17(20)19-15-10-13-6-2-3-8-16(13)18-11-15;1-3-2;/h2-11H,1H3,(H,19,20);3H2,1-2H3;1H. The highest BCUT2D eigenvalue weighted by molar-refractivity contribution is 6.05. The van der Waals surface area contributed by atoms with Crippen LogP contribution in [0.5, 0.6) is 0 Å². The Morgan fingerprint density at radius 2 is 1.83 bits per heavy atom. The van der Waals surface area contributed by atoms with E-state index in [2.05, 4.69) is 24.1 Å². The highest BCUT2D eigenvalue weighted by Gasteiger charge is 2.06. The van der Waals surface area contributed by atoms with E-state index < -0.39 is 0 Å². The SMILES string of the molecule is CCC.Cc1cccc(C(=O)Nc2cnc3ccccc3c2)c1.[HH]. The van der Waals surface area contributed by atoms with Gasteiger partial charge in [0.05, 0.1) is 17.4 Å². The topological polar surface area (TPSA) is 42.0 Å². The number of amides is 1. The fourth-order valence-electron chi connectivity index (χ4n) is 2.13. The Kier molecular flexibility index (Phi) is 5.87. The summed E-state index contributed by atoms with van der Waals surface area (Å²) >= 11 is 0. The molecule has 2 aromatic carbocycles. The normalized spacial score (nSPS) is 9.87. The number of anilines is 1. The van der Waals surface area contributed by atoms with Crippen LogP contribution in [-0.4, -0.2) is 10.9 Å². The second-order valence-electron chi connectivity index (χ2n) is 5.45. The van der Waals surface area contributed by atoms with Gasteiger partial charge >= 0.3 is 0 Å². The van der Waals surface area contributed by atoms with Crippen LogP contribution >= 0.6 is 0 Å². The van der Waals surface area contributed by atoms with Crippen LogP contribution in [0.15, 0.2) is 60.8 Å². The van der Waals surface area contributed by atoms with E-state index in [1.807, 2.05) is 55.5 Å². The number of pyridine rings is 1. The summed E-state index contributed by atoms with van der Waals surface area (Å²) in [6.07, 6.45) is 2.93. The number of carbonyl (C=O) groups excluding carboxylic acids is 1. The number of nitrogens with one attached hydrogen (secondary N) is 1. The zero-order valence-corrected chi connectivity index (χ0v) is 13.8. The molecule has 3 nitrogen and oxygen atoms in total. The Balaban J connectivity index is 0.000000671. The molecule has 1 aromatic heterocycles. The molecular weight excluding hydrogens is 284 g/mol. The Morgan fingerprint density at radius 1 is 1.09 bits per heavy atom. The number of rotatable bonds is 2. The molecule has 0 atom stereocenters. The van der Waals surface area contributed by atoms with E-state index >= 15 is 0 Å². The molecule has 1 N–H and O–H groups in total. The lowest BCUT2D eigenvalue weighted by atomic mass is 10.1. The van der Waals surface area contributed by atoms with Crippen molar-refractivity contribution in [2.45, 2.75) is 27.2 Å². The van der Waals surface area contributed by atoms with Crippen LogP contribution in [0, 0.1) is 6.92 Å². The van der Waals surface area contributed by atoms with E-state index in [1.54, 1.807) is 12.3 Å². The van der Waals surface area contributed by atoms with E-state index in [0.29, 0.717) is 11.3 Å². The predicted octanol–water partition coefficient (Wildman–Crippen LogP) is 5.46. The summed E-state index contributed by atoms with van der Waals surface area (Å²) in [6, 6.07) is 17.3. The van der Waals surface area contributed by atoms with Gasteiger partial charge < -0.3 is 5.32 Å². The number of para-hydroxylation sites is 1. The third-order valence-corrected chi connectivity index (χ3v) is 3.13. The summed E-state index contributed by atoms with van der Waals surface area (Å²) in [5.74, 6) is -0.120. The second-order valence-corrected chi connectivity index (χ2v) is 5.45. The van der Waals surface area contributed by atoms with Crippen LogP contribution in [0.2, 0.25) is 0 Å². The molecule has 23 heavy (non-hydrogen) atoms. The van der Waals surface area contributed by atoms with Crippen molar-refractivity contribution >= 4 is 22.5 Å². The number of fused-ring (bicyclic) bond motifs is 1. The van der Waals surface area contributed by atoms with Crippen LogP contribution in [0.25, 0.3) is 10.9 Å². The third kappa shape index (κ3) is 4.65. The molecule has 0 spiro atoms. The summed E-state index contributed by atoms with van der Waals surface area (Å²) in [5.41, 5.74) is 3.34. The van der Waals surface area contributed by atoms with Crippen LogP contribution in [0.3, 0.4) is 0 Å². The maximum Gasteiger partial charge on any atom is 0.255 e. The lowest BCUT2D eigenvalue weighted by Gasteiger charge is -2.06. The number of nitrogens with zero attached hydrogens (tertiary/aromatic N) is 1. The zero-order chi connectivity index (χ0) is 16.7. The fourth-order valence-corrected chi connectivity index (χ4v) is 2.13. The van der Waals surface area contributed by atoms with Crippen LogP contribution in [0.1, 0.15) is 37.6 Å². The Morgan fingerprint density at radius 3 is 2.57 bits per heavy atom. The summed E-state index contributed by atoms with van der Waals surface area (Å²) in [6.45, 7) is 6.22. The Bertz CT molecular complexity index is 802. The van der Waals surface area contributed by atoms with Crippen molar-refractivity contribution in [1.82, 2.24) is 4.98 Å². The van der Waals surface area contributed by atoms with Crippen molar-refractivity contribution in [1.29, 1.82) is 0 Å². The van der Waals surface area contributed by atoms with Crippen LogP contribution in [0.4, 0.5) is 5.69 Å². The van der Waals surface area contributed by atoms with Crippen molar-refractivity contribution in [3.63, 3.8) is 0 Å². The molecule has 3 heteroatoms. The van der Waals surface area contributed by atoms with Gasteiger partial charge in [-0.1, -0.05) is 56.2 Å². The lowest BCUT2D eigenvalue weighted by molar-refractivity contribution is 0.102. The van der Waals surface area contributed by atoms with Crippen molar-refractivity contribution in [2.24, 2.45) is 0 Å². The van der Waals surface area contributed by atoms with E-state index in [9.17, 15) is 4.79 Å². The molecular formula is C20H24N2O. The molecule has 0 saturated carbocycles. The molecule has 0 bridgehead atoms. The van der Waals surface area contributed by atoms with E-state index in [0.717, 1.165) is 16.5 Å². The molecule has 0 radical (unpaired) electrons. The number of benzene rings is 2. The number of aromatic nitrogens is 1. The third-order valence-electron chi connectivity index (χ3n) is 3.13. The second kappa shape index (κ2) is 8.08. The smallest absolute Gasteiger partial charge is 0.255 e. The summed E-state index contributed by atoms with van der Waals surface area (Å²) in [4.78, 5) is 16.5. The molecule has 3 rings (SSSR count). The van der Waals surface area contributed by atoms with Crippen LogP contribution < -0.4 is 5.32 Å². The van der Waals surface area contributed by atoms with Crippen molar-refractivity contribution in [3.05, 3.63) is 71.9 Å². The van der Waals surface area contributed by atoms with E-state index in [1.165, 1.54) is 6.42 Å². The quantitative estimate of drug-likeness (QED) is 0.683. The molecule has 1 heterocycles. The molecule has 0 aliphatic carbocycles. The molecule has 3 aromatic rings. The maximum atomic E-state index is 12.2. The molecule has 0 fully saturated rings. The van der Waals surface area contributed by atoms with Gasteiger partial charge in [-0.15, -0.1) is 0 Å². The monoisotopic (exact) mass is 308 g/mol. The molecule has 0 unspecified atom stereocenters. The lowest BCUT2D eigenvalue weighted by Crippen LogP contribution is -2.12. The maximum absolute atomic E-state index is 12.2. The van der Waals surface area contributed by atoms with E-state index in [-0.39, 0.29) is 7.33 Å². The molecule has 120 valence electrons. The van der Waals surface area contributed by atoms with Gasteiger partial charge in [-0.05, 0) is 31.2 Å². The average Bonchev–Trinajstić information content (AvgIpc) is 2.55. The van der Waals surface area contributed by atoms with Gasteiger partial charge in [0.25, 0.3) is 5.91 Å². The average molecular weight is 308 g/mol. The number of hydrogen-bond acceptors (Lipinski definition) is 2. The predicted molar refractivity (Wildman–Crippen MR) is 99.0 cm³/mol. The molecule has 1 amide bonds. The number of carbonyl (C=O) groups is 1. The molecule has 0 saturated heterocycles. The van der Waals surface area contributed by atoms with Crippen molar-refractivity contribution in [2.75, 3.05) is 5.32 Å². The van der Waals surface area contributed by atoms with Gasteiger partial charge in [0.15, 0.2) is 0 Å². The Labute approximate surface area is 138 Å². The number of hydrogen-bond donors (Lipinski definition) is 1. The van der Waals surface area contributed by atoms with Crippen LogP contribution in [-0.2, 0) is 0 Å². The van der Waals surface area contributed by atoms with Crippen molar-refractivity contribution < 1.29 is 6.22 Å². The first-order valence-corrected chi connectivity index (χ1v) is 7.86. The summed E-state index contributed by atoms with van der Waals surface area (Å²) in [5, 5.41) is 3.88. The van der Waals surface area contributed by atoms with Gasteiger partial charge in [0.2, 0.25) is 0 Å². The van der Waals surface area contributed by atoms with Gasteiger partial charge in [0.1, 0.15) is 0 Å². The molecule has 0 aliphatic heterocycles. The first-order chi connectivity index (χ1) is 11.1. The minimum Gasteiger partial charge on any atom is -0.321 e. The summed E-state index contributed by atoms with van der Waals surface area (Å²) in [7, 11) is 0. The van der Waals surface area contributed by atoms with Gasteiger partial charge in [-0.25, -0.2) is 0 Å². The van der Waals surface area contributed by atoms with E-state index in [4.69, 9.17) is 0 Å².